The van der Waals surface area contributed by atoms with Gasteiger partial charge in [-0.2, -0.15) is 0 Å². The number of halogens is 1. The summed E-state index contributed by atoms with van der Waals surface area (Å²) >= 11 is 6.15. The smallest absolute Gasteiger partial charge is 0.227 e. The molecule has 0 saturated heterocycles. The first kappa shape index (κ1) is 14.7. The summed E-state index contributed by atoms with van der Waals surface area (Å²) in [6.45, 7) is 5.70. The van der Waals surface area contributed by atoms with E-state index in [1.54, 1.807) is 0 Å². The van der Waals surface area contributed by atoms with E-state index in [2.05, 4.69) is 31.3 Å². The van der Waals surface area contributed by atoms with Gasteiger partial charge >= 0.3 is 0 Å². The Morgan fingerprint density at radius 2 is 2.10 bits per heavy atom. The van der Waals surface area contributed by atoms with Crippen LogP contribution in [-0.2, 0) is 4.79 Å². The van der Waals surface area contributed by atoms with Crippen LogP contribution >= 0.6 is 11.6 Å². The van der Waals surface area contributed by atoms with Gasteiger partial charge in [0, 0.05) is 35.8 Å². The first-order chi connectivity index (χ1) is 10.2. The Balaban J connectivity index is 1.86. The van der Waals surface area contributed by atoms with E-state index in [1.165, 1.54) is 5.56 Å². The molecule has 3 rings (SSSR count). The van der Waals surface area contributed by atoms with Gasteiger partial charge in [-0.25, -0.2) is 0 Å². The number of rotatable bonds is 3. The van der Waals surface area contributed by atoms with E-state index in [9.17, 15) is 4.79 Å². The van der Waals surface area contributed by atoms with Crippen LogP contribution in [0.1, 0.15) is 44.6 Å². The average Bonchev–Trinajstić information content (AvgIpc) is 2.86. The zero-order chi connectivity index (χ0) is 15.0. The summed E-state index contributed by atoms with van der Waals surface area (Å²) in [5.41, 5.74) is 2.46. The number of nitrogens with one attached hydrogen (secondary N) is 1. The van der Waals surface area contributed by atoms with Crippen LogP contribution in [0, 0.1) is 5.92 Å². The van der Waals surface area contributed by atoms with E-state index < -0.39 is 0 Å². The van der Waals surface area contributed by atoms with Gasteiger partial charge in [0.2, 0.25) is 5.91 Å². The zero-order valence-electron chi connectivity index (χ0n) is 12.7. The highest BCUT2D eigenvalue weighted by atomic mass is 35.5. The Kier molecular flexibility index (Phi) is 4.12. The third-order valence-corrected chi connectivity index (χ3v) is 5.26. The maximum atomic E-state index is 12.8. The molecule has 1 amide bonds. The first-order valence-electron chi connectivity index (χ1n) is 8.00. The summed E-state index contributed by atoms with van der Waals surface area (Å²) in [4.78, 5) is 14.7. The summed E-state index contributed by atoms with van der Waals surface area (Å²) in [5.74, 6) is 0.827. The number of carbonyl (C=O) groups is 1. The minimum atomic E-state index is 0.0924. The molecular formula is C17H23ClN2O. The van der Waals surface area contributed by atoms with Gasteiger partial charge in [-0.3, -0.25) is 4.79 Å². The van der Waals surface area contributed by atoms with Crippen LogP contribution in [0.2, 0.25) is 5.02 Å². The quantitative estimate of drug-likeness (QED) is 0.919. The SMILES string of the molecule is CCN(CC)C(=O)C1CCCC2c3cc(Cl)ccc3NC12. The number of anilines is 1. The summed E-state index contributed by atoms with van der Waals surface area (Å²) in [7, 11) is 0. The van der Waals surface area contributed by atoms with E-state index >= 15 is 0 Å². The Labute approximate surface area is 131 Å². The number of amides is 1. The number of hydrogen-bond acceptors (Lipinski definition) is 2. The highest BCUT2D eigenvalue weighted by Gasteiger charge is 2.43. The molecule has 0 bridgehead atoms. The van der Waals surface area contributed by atoms with Crippen LogP contribution in [-0.4, -0.2) is 29.9 Å². The summed E-state index contributed by atoms with van der Waals surface area (Å²) in [6, 6.07) is 6.28. The second-order valence-electron chi connectivity index (χ2n) is 6.06. The van der Waals surface area contributed by atoms with E-state index in [0.717, 1.165) is 43.1 Å². The summed E-state index contributed by atoms with van der Waals surface area (Å²) in [6.07, 6.45) is 3.25. The van der Waals surface area contributed by atoms with Crippen molar-refractivity contribution >= 4 is 23.2 Å². The summed E-state index contributed by atoms with van der Waals surface area (Å²) in [5, 5.41) is 4.38. The first-order valence-corrected chi connectivity index (χ1v) is 8.38. The van der Waals surface area contributed by atoms with Crippen LogP contribution in [0.5, 0.6) is 0 Å². The third-order valence-electron chi connectivity index (χ3n) is 5.02. The fraction of sp³-hybridized carbons (Fsp3) is 0.588. The van der Waals surface area contributed by atoms with Gasteiger partial charge in [-0.05, 0) is 50.5 Å². The molecule has 0 aromatic heterocycles. The maximum absolute atomic E-state index is 12.8. The fourth-order valence-corrected chi connectivity index (χ4v) is 4.13. The predicted molar refractivity (Wildman–Crippen MR) is 86.9 cm³/mol. The van der Waals surface area contributed by atoms with Crippen molar-refractivity contribution in [3.63, 3.8) is 0 Å². The van der Waals surface area contributed by atoms with Crippen molar-refractivity contribution < 1.29 is 4.79 Å². The van der Waals surface area contributed by atoms with Gasteiger partial charge in [0.1, 0.15) is 0 Å². The zero-order valence-corrected chi connectivity index (χ0v) is 13.5. The lowest BCUT2D eigenvalue weighted by atomic mass is 9.75. The Morgan fingerprint density at radius 3 is 2.81 bits per heavy atom. The van der Waals surface area contributed by atoms with Crippen LogP contribution in [0.25, 0.3) is 0 Å². The fourth-order valence-electron chi connectivity index (χ4n) is 3.95. The molecule has 0 spiro atoms. The van der Waals surface area contributed by atoms with Gasteiger partial charge in [0.15, 0.2) is 0 Å². The van der Waals surface area contributed by atoms with Crippen molar-refractivity contribution in [1.29, 1.82) is 0 Å². The van der Waals surface area contributed by atoms with E-state index in [0.29, 0.717) is 11.8 Å². The Morgan fingerprint density at radius 1 is 1.33 bits per heavy atom. The molecule has 3 nitrogen and oxygen atoms in total. The number of nitrogens with zero attached hydrogens (tertiary/aromatic N) is 1. The molecule has 1 aromatic rings. The molecular weight excluding hydrogens is 284 g/mol. The van der Waals surface area contributed by atoms with Crippen molar-refractivity contribution in [2.24, 2.45) is 5.92 Å². The number of carbonyl (C=O) groups excluding carboxylic acids is 1. The molecule has 1 aliphatic heterocycles. The highest BCUT2D eigenvalue weighted by Crippen LogP contribution is 2.47. The van der Waals surface area contributed by atoms with Crippen molar-refractivity contribution in [2.75, 3.05) is 18.4 Å². The molecule has 1 heterocycles. The molecule has 1 saturated carbocycles. The Hall–Kier alpha value is -1.22. The molecule has 1 aliphatic carbocycles. The van der Waals surface area contributed by atoms with Crippen LogP contribution in [0.4, 0.5) is 5.69 Å². The molecule has 2 aliphatic rings. The standard InChI is InChI=1S/C17H23ClN2O/c1-3-20(4-2)17(21)13-7-5-6-12-14-10-11(18)8-9-15(14)19-16(12)13/h8-10,12-13,16,19H,3-7H2,1-2H3. The molecule has 3 unspecified atom stereocenters. The largest absolute Gasteiger partial charge is 0.381 e. The monoisotopic (exact) mass is 306 g/mol. The molecule has 4 heteroatoms. The number of hydrogen-bond donors (Lipinski definition) is 1. The molecule has 21 heavy (non-hydrogen) atoms. The average molecular weight is 307 g/mol. The van der Waals surface area contributed by atoms with Gasteiger partial charge in [-0.15, -0.1) is 0 Å². The molecule has 0 radical (unpaired) electrons. The predicted octanol–water partition coefficient (Wildman–Crippen LogP) is 3.89. The lowest BCUT2D eigenvalue weighted by molar-refractivity contribution is -0.136. The molecule has 3 atom stereocenters. The lowest BCUT2D eigenvalue weighted by Crippen LogP contribution is -2.45. The van der Waals surface area contributed by atoms with Crippen molar-refractivity contribution in [3.05, 3.63) is 28.8 Å². The van der Waals surface area contributed by atoms with E-state index in [-0.39, 0.29) is 12.0 Å². The van der Waals surface area contributed by atoms with Gasteiger partial charge in [0.25, 0.3) is 0 Å². The highest BCUT2D eigenvalue weighted by molar-refractivity contribution is 6.30. The summed E-state index contributed by atoms with van der Waals surface area (Å²) < 4.78 is 0. The third kappa shape index (κ3) is 2.52. The number of benzene rings is 1. The van der Waals surface area contributed by atoms with Crippen LogP contribution in [0.3, 0.4) is 0 Å². The maximum Gasteiger partial charge on any atom is 0.227 e. The minimum absolute atomic E-state index is 0.0924. The molecule has 1 fully saturated rings. The van der Waals surface area contributed by atoms with Gasteiger partial charge < -0.3 is 10.2 Å². The van der Waals surface area contributed by atoms with Gasteiger partial charge in [0.05, 0.1) is 5.92 Å². The minimum Gasteiger partial charge on any atom is -0.381 e. The van der Waals surface area contributed by atoms with Crippen LogP contribution in [0.15, 0.2) is 18.2 Å². The number of fused-ring (bicyclic) bond motifs is 3. The molecule has 114 valence electrons. The topological polar surface area (TPSA) is 32.3 Å². The normalized spacial score (nSPS) is 26.7. The van der Waals surface area contributed by atoms with E-state index in [4.69, 9.17) is 11.6 Å². The van der Waals surface area contributed by atoms with Crippen molar-refractivity contribution in [2.45, 2.75) is 45.1 Å². The molecule has 1 N–H and O–H groups in total. The Bertz CT molecular complexity index is 542. The van der Waals surface area contributed by atoms with E-state index in [1.807, 2.05) is 11.0 Å². The van der Waals surface area contributed by atoms with Crippen molar-refractivity contribution in [1.82, 2.24) is 4.90 Å². The van der Waals surface area contributed by atoms with Gasteiger partial charge in [-0.1, -0.05) is 18.0 Å². The van der Waals surface area contributed by atoms with Crippen molar-refractivity contribution in [3.8, 4) is 0 Å². The second-order valence-corrected chi connectivity index (χ2v) is 6.49. The molecule has 1 aromatic carbocycles. The second kappa shape index (κ2) is 5.88. The lowest BCUT2D eigenvalue weighted by Gasteiger charge is -2.36. The van der Waals surface area contributed by atoms with Crippen LogP contribution < -0.4 is 5.32 Å².